The molecule has 2 aromatic rings. The van der Waals surface area contributed by atoms with E-state index in [-0.39, 0.29) is 16.2 Å². The number of hydrogen-bond donors (Lipinski definition) is 1. The standard InChI is InChI=1S/C21H20F2N2O3S/c1-4-28-14-10-8-13(9-11-14)25-12(2)17(20(26)27-3)19(24-21(25)29)18-15(22)6-5-7-16(18)23/h5-11,19H,4H2,1-3H3,(H,24,29)/t19-/m0/s1. The van der Waals surface area contributed by atoms with Gasteiger partial charge in [-0.2, -0.15) is 0 Å². The van der Waals surface area contributed by atoms with Crippen LogP contribution >= 0.6 is 12.2 Å². The van der Waals surface area contributed by atoms with Gasteiger partial charge >= 0.3 is 5.97 Å². The first-order chi connectivity index (χ1) is 13.9. The van der Waals surface area contributed by atoms with Crippen LogP contribution in [0.2, 0.25) is 0 Å². The van der Waals surface area contributed by atoms with E-state index in [9.17, 15) is 13.6 Å². The number of halogens is 2. The van der Waals surface area contributed by atoms with E-state index in [0.29, 0.717) is 23.7 Å². The summed E-state index contributed by atoms with van der Waals surface area (Å²) in [6.07, 6.45) is 0. The second-order valence-electron chi connectivity index (χ2n) is 6.27. The lowest BCUT2D eigenvalue weighted by Gasteiger charge is -2.37. The van der Waals surface area contributed by atoms with E-state index in [1.807, 2.05) is 6.92 Å². The topological polar surface area (TPSA) is 50.8 Å². The van der Waals surface area contributed by atoms with Crippen molar-refractivity contribution in [3.05, 3.63) is 70.9 Å². The van der Waals surface area contributed by atoms with E-state index in [4.69, 9.17) is 21.7 Å². The predicted octanol–water partition coefficient (Wildman–Crippen LogP) is 4.25. The van der Waals surface area contributed by atoms with Crippen LogP contribution in [-0.4, -0.2) is 24.8 Å². The molecule has 1 heterocycles. The fraction of sp³-hybridized carbons (Fsp3) is 0.238. The summed E-state index contributed by atoms with van der Waals surface area (Å²) in [5.74, 6) is -1.59. The Morgan fingerprint density at radius 1 is 1.17 bits per heavy atom. The molecule has 0 aromatic heterocycles. The van der Waals surface area contributed by atoms with Gasteiger partial charge in [0.05, 0.1) is 30.9 Å². The van der Waals surface area contributed by atoms with Crippen molar-refractivity contribution in [1.29, 1.82) is 0 Å². The Balaban J connectivity index is 2.12. The molecule has 0 saturated carbocycles. The van der Waals surface area contributed by atoms with Gasteiger partial charge in [0.2, 0.25) is 0 Å². The van der Waals surface area contributed by atoms with Crippen molar-refractivity contribution < 1.29 is 23.0 Å². The van der Waals surface area contributed by atoms with Gasteiger partial charge in [0, 0.05) is 11.4 Å². The zero-order valence-corrected chi connectivity index (χ0v) is 17.0. The molecule has 5 nitrogen and oxygen atoms in total. The summed E-state index contributed by atoms with van der Waals surface area (Å²) in [4.78, 5) is 14.2. The van der Waals surface area contributed by atoms with Crippen molar-refractivity contribution in [1.82, 2.24) is 5.32 Å². The van der Waals surface area contributed by atoms with Gasteiger partial charge in [-0.3, -0.25) is 4.90 Å². The normalized spacial score (nSPS) is 16.5. The Labute approximate surface area is 172 Å². The average Bonchev–Trinajstić information content (AvgIpc) is 2.69. The van der Waals surface area contributed by atoms with Gasteiger partial charge < -0.3 is 14.8 Å². The Morgan fingerprint density at radius 3 is 2.34 bits per heavy atom. The Morgan fingerprint density at radius 2 is 1.79 bits per heavy atom. The number of anilines is 1. The maximum Gasteiger partial charge on any atom is 0.337 e. The second-order valence-corrected chi connectivity index (χ2v) is 6.66. The van der Waals surface area contributed by atoms with Crippen LogP contribution in [0.3, 0.4) is 0 Å². The van der Waals surface area contributed by atoms with Gasteiger partial charge in [0.1, 0.15) is 17.4 Å². The number of carbonyl (C=O) groups is 1. The number of rotatable bonds is 5. The van der Waals surface area contributed by atoms with Crippen LogP contribution in [0, 0.1) is 11.6 Å². The largest absolute Gasteiger partial charge is 0.494 e. The van der Waals surface area contributed by atoms with E-state index in [2.05, 4.69) is 5.32 Å². The third kappa shape index (κ3) is 3.93. The molecule has 0 spiro atoms. The molecule has 0 radical (unpaired) electrons. The summed E-state index contributed by atoms with van der Waals surface area (Å²) in [7, 11) is 1.21. The molecule has 152 valence electrons. The number of nitrogens with one attached hydrogen (secondary N) is 1. The number of allylic oxidation sites excluding steroid dienone is 1. The first-order valence-corrected chi connectivity index (χ1v) is 9.36. The van der Waals surface area contributed by atoms with Crippen molar-refractivity contribution >= 4 is 29.0 Å². The number of nitrogens with zero attached hydrogens (tertiary/aromatic N) is 1. The van der Waals surface area contributed by atoms with Crippen LogP contribution in [0.1, 0.15) is 25.5 Å². The molecule has 8 heteroatoms. The minimum atomic E-state index is -1.12. The molecule has 1 aliphatic heterocycles. The molecular formula is C21H20F2N2O3S. The van der Waals surface area contributed by atoms with Crippen LogP contribution in [0.4, 0.5) is 14.5 Å². The highest BCUT2D eigenvalue weighted by atomic mass is 32.1. The first kappa shape index (κ1) is 20.7. The fourth-order valence-electron chi connectivity index (χ4n) is 3.29. The molecule has 2 aromatic carbocycles. The third-order valence-corrected chi connectivity index (χ3v) is 4.88. The maximum absolute atomic E-state index is 14.4. The summed E-state index contributed by atoms with van der Waals surface area (Å²) in [6.45, 7) is 4.07. The summed E-state index contributed by atoms with van der Waals surface area (Å²) in [6, 6.07) is 9.51. The molecule has 3 rings (SSSR count). The molecule has 0 aliphatic carbocycles. The maximum atomic E-state index is 14.4. The molecule has 0 bridgehead atoms. The van der Waals surface area contributed by atoms with Crippen molar-refractivity contribution in [2.24, 2.45) is 0 Å². The summed E-state index contributed by atoms with van der Waals surface area (Å²) in [5.41, 5.74) is 0.856. The smallest absolute Gasteiger partial charge is 0.337 e. The number of benzene rings is 2. The average molecular weight is 418 g/mol. The summed E-state index contributed by atoms with van der Waals surface area (Å²) >= 11 is 5.46. The quantitative estimate of drug-likeness (QED) is 0.579. The van der Waals surface area contributed by atoms with Crippen LogP contribution < -0.4 is 15.0 Å². The van der Waals surface area contributed by atoms with Gasteiger partial charge in [-0.1, -0.05) is 6.07 Å². The second kappa shape index (κ2) is 8.57. The zero-order chi connectivity index (χ0) is 21.1. The number of methoxy groups -OCH3 is 1. The molecule has 29 heavy (non-hydrogen) atoms. The number of hydrogen-bond acceptors (Lipinski definition) is 4. The van der Waals surface area contributed by atoms with Crippen LogP contribution in [0.25, 0.3) is 0 Å². The van der Waals surface area contributed by atoms with E-state index in [1.165, 1.54) is 13.2 Å². The van der Waals surface area contributed by atoms with Gasteiger partial charge in [0.15, 0.2) is 5.11 Å². The Bertz CT molecular complexity index is 956. The predicted molar refractivity (Wildman–Crippen MR) is 110 cm³/mol. The molecule has 1 atom stereocenters. The molecule has 1 aliphatic rings. The van der Waals surface area contributed by atoms with Gasteiger partial charge in [-0.05, 0) is 62.5 Å². The lowest BCUT2D eigenvalue weighted by molar-refractivity contribution is -0.136. The molecule has 0 fully saturated rings. The first-order valence-electron chi connectivity index (χ1n) is 8.95. The Kier molecular flexibility index (Phi) is 6.12. The number of esters is 1. The lowest BCUT2D eigenvalue weighted by Crippen LogP contribution is -2.48. The highest BCUT2D eigenvalue weighted by Crippen LogP contribution is 2.36. The van der Waals surface area contributed by atoms with Crippen molar-refractivity contribution in [2.75, 3.05) is 18.6 Å². The van der Waals surface area contributed by atoms with Crippen LogP contribution in [0.5, 0.6) is 5.75 Å². The van der Waals surface area contributed by atoms with Crippen molar-refractivity contribution in [3.8, 4) is 5.75 Å². The van der Waals surface area contributed by atoms with E-state index in [1.54, 1.807) is 36.1 Å². The number of ether oxygens (including phenoxy) is 2. The zero-order valence-electron chi connectivity index (χ0n) is 16.2. The summed E-state index contributed by atoms with van der Waals surface area (Å²) in [5, 5.41) is 3.09. The highest BCUT2D eigenvalue weighted by molar-refractivity contribution is 7.80. The number of thiocarbonyl (C=S) groups is 1. The molecular weight excluding hydrogens is 398 g/mol. The van der Waals surface area contributed by atoms with Crippen LogP contribution in [0.15, 0.2) is 53.7 Å². The fourth-order valence-corrected chi connectivity index (χ4v) is 3.65. The highest BCUT2D eigenvalue weighted by Gasteiger charge is 2.37. The molecule has 0 amide bonds. The third-order valence-electron chi connectivity index (χ3n) is 4.58. The number of carbonyl (C=O) groups excluding carboxylic acids is 1. The van der Waals surface area contributed by atoms with Gasteiger partial charge in [-0.25, -0.2) is 13.6 Å². The van der Waals surface area contributed by atoms with Gasteiger partial charge in [0.25, 0.3) is 0 Å². The Hall–Kier alpha value is -3.00. The van der Waals surface area contributed by atoms with Crippen molar-refractivity contribution in [3.63, 3.8) is 0 Å². The van der Waals surface area contributed by atoms with Crippen molar-refractivity contribution in [2.45, 2.75) is 19.9 Å². The lowest BCUT2D eigenvalue weighted by atomic mass is 9.94. The minimum absolute atomic E-state index is 0.0685. The van der Waals surface area contributed by atoms with Crippen LogP contribution in [-0.2, 0) is 9.53 Å². The monoisotopic (exact) mass is 418 g/mol. The summed E-state index contributed by atoms with van der Waals surface area (Å²) < 4.78 is 39.2. The van der Waals surface area contributed by atoms with E-state index < -0.39 is 23.6 Å². The molecule has 0 saturated heterocycles. The SMILES string of the molecule is CCOc1ccc(N2C(=S)N[C@H](c3c(F)cccc3F)C(C(=O)OC)=C2C)cc1. The van der Waals surface area contributed by atoms with E-state index in [0.717, 1.165) is 12.1 Å². The minimum Gasteiger partial charge on any atom is -0.494 e. The van der Waals surface area contributed by atoms with Gasteiger partial charge in [-0.15, -0.1) is 0 Å². The molecule has 0 unspecified atom stereocenters. The van der Waals surface area contributed by atoms with E-state index >= 15 is 0 Å². The molecule has 1 N–H and O–H groups in total.